The Morgan fingerprint density at radius 3 is 2.89 bits per heavy atom. The summed E-state index contributed by atoms with van der Waals surface area (Å²) in [5, 5.41) is 14.7. The zero-order valence-corrected chi connectivity index (χ0v) is 15.1. The van der Waals surface area contributed by atoms with Crippen LogP contribution < -0.4 is 15.4 Å². The number of fused-ring (bicyclic) bond motifs is 1. The third kappa shape index (κ3) is 3.23. The number of nitrogens with one attached hydrogen (secondary N) is 2. The summed E-state index contributed by atoms with van der Waals surface area (Å²) in [6.45, 7) is 0.938. The minimum atomic E-state index is -0.508. The number of carbonyl (C=O) groups is 2. The van der Waals surface area contributed by atoms with Crippen molar-refractivity contribution in [3.63, 3.8) is 0 Å². The summed E-state index contributed by atoms with van der Waals surface area (Å²) < 4.78 is 9.11. The van der Waals surface area contributed by atoms with Gasteiger partial charge < -0.3 is 15.4 Å². The van der Waals surface area contributed by atoms with Crippen LogP contribution in [0.1, 0.15) is 22.6 Å². The van der Waals surface area contributed by atoms with E-state index < -0.39 is 6.04 Å². The van der Waals surface area contributed by atoms with Crippen LogP contribution in [0, 0.1) is 0 Å². The molecule has 1 aliphatic rings. The van der Waals surface area contributed by atoms with Gasteiger partial charge in [0.2, 0.25) is 5.91 Å². The highest BCUT2D eigenvalue weighted by Crippen LogP contribution is 2.24. The van der Waals surface area contributed by atoms with Crippen molar-refractivity contribution in [2.75, 3.05) is 6.54 Å². The van der Waals surface area contributed by atoms with E-state index in [0.29, 0.717) is 41.9 Å². The van der Waals surface area contributed by atoms with Crippen LogP contribution in [0.25, 0.3) is 10.9 Å². The topological polar surface area (TPSA) is 103 Å². The van der Waals surface area contributed by atoms with Crippen LogP contribution in [0.2, 0.25) is 0 Å². The van der Waals surface area contributed by atoms with Gasteiger partial charge in [-0.3, -0.25) is 19.0 Å². The Hall–Kier alpha value is -3.36. The SMILES string of the molecule is Cn1nccc1COc1ccc2nn(C)c(C(=O)NC3CCNC3=O)c2c1. The zero-order valence-electron chi connectivity index (χ0n) is 15.1. The first kappa shape index (κ1) is 17.1. The number of carbonyl (C=O) groups excluding carboxylic acids is 2. The third-order valence-corrected chi connectivity index (χ3v) is 4.68. The molecule has 1 aromatic carbocycles. The minimum Gasteiger partial charge on any atom is -0.487 e. The number of hydrogen-bond donors (Lipinski definition) is 2. The lowest BCUT2D eigenvalue weighted by molar-refractivity contribution is -0.120. The predicted molar refractivity (Wildman–Crippen MR) is 97.1 cm³/mol. The predicted octanol–water partition coefficient (Wildman–Crippen LogP) is 0.504. The van der Waals surface area contributed by atoms with Gasteiger partial charge in [-0.15, -0.1) is 0 Å². The van der Waals surface area contributed by atoms with Gasteiger partial charge in [0.25, 0.3) is 5.91 Å². The fraction of sp³-hybridized carbons (Fsp3) is 0.333. The van der Waals surface area contributed by atoms with Crippen LogP contribution in [-0.2, 0) is 25.5 Å². The molecule has 2 amide bonds. The molecular formula is C18H20N6O3. The van der Waals surface area contributed by atoms with Gasteiger partial charge in [-0.1, -0.05) is 0 Å². The second-order valence-corrected chi connectivity index (χ2v) is 6.49. The molecule has 1 atom stereocenters. The van der Waals surface area contributed by atoms with E-state index in [9.17, 15) is 9.59 Å². The molecule has 9 heteroatoms. The van der Waals surface area contributed by atoms with Crippen molar-refractivity contribution in [2.24, 2.45) is 14.1 Å². The van der Waals surface area contributed by atoms with Gasteiger partial charge in [0.15, 0.2) is 0 Å². The Balaban J connectivity index is 1.58. The summed E-state index contributed by atoms with van der Waals surface area (Å²) in [7, 11) is 3.56. The first-order chi connectivity index (χ1) is 13.0. The number of hydrogen-bond acceptors (Lipinski definition) is 5. The lowest BCUT2D eigenvalue weighted by Gasteiger charge is -2.10. The minimum absolute atomic E-state index is 0.157. The molecule has 3 aromatic rings. The van der Waals surface area contributed by atoms with Gasteiger partial charge in [0.1, 0.15) is 24.1 Å². The highest BCUT2D eigenvalue weighted by molar-refractivity contribution is 6.06. The van der Waals surface area contributed by atoms with Crippen molar-refractivity contribution in [3.8, 4) is 5.75 Å². The van der Waals surface area contributed by atoms with Crippen molar-refractivity contribution in [1.29, 1.82) is 0 Å². The highest BCUT2D eigenvalue weighted by Gasteiger charge is 2.28. The molecule has 1 saturated heterocycles. The summed E-state index contributed by atoms with van der Waals surface area (Å²) in [5.41, 5.74) is 2.02. The maximum Gasteiger partial charge on any atom is 0.270 e. The Bertz CT molecular complexity index is 1020. The molecule has 2 N–H and O–H groups in total. The molecule has 0 bridgehead atoms. The molecule has 1 fully saturated rings. The van der Waals surface area contributed by atoms with Crippen LogP contribution in [0.3, 0.4) is 0 Å². The average molecular weight is 368 g/mol. The summed E-state index contributed by atoms with van der Waals surface area (Å²) in [4.78, 5) is 24.5. The monoisotopic (exact) mass is 368 g/mol. The highest BCUT2D eigenvalue weighted by atomic mass is 16.5. The molecule has 3 heterocycles. The molecule has 0 spiro atoms. The molecule has 4 rings (SSSR count). The maximum absolute atomic E-state index is 12.7. The van der Waals surface area contributed by atoms with Gasteiger partial charge in [-0.25, -0.2) is 0 Å². The zero-order chi connectivity index (χ0) is 19.0. The molecule has 1 unspecified atom stereocenters. The lowest BCUT2D eigenvalue weighted by Crippen LogP contribution is -2.40. The molecular weight excluding hydrogens is 348 g/mol. The van der Waals surface area contributed by atoms with Crippen LogP contribution in [0.15, 0.2) is 30.5 Å². The molecule has 1 aliphatic heterocycles. The molecule has 9 nitrogen and oxygen atoms in total. The van der Waals surface area contributed by atoms with Crippen molar-refractivity contribution < 1.29 is 14.3 Å². The normalized spacial score (nSPS) is 16.5. The quantitative estimate of drug-likeness (QED) is 0.683. The number of benzene rings is 1. The number of aromatic nitrogens is 4. The van der Waals surface area contributed by atoms with Gasteiger partial charge in [0.05, 0.1) is 11.2 Å². The van der Waals surface area contributed by atoms with Crippen LogP contribution in [0.4, 0.5) is 0 Å². The van der Waals surface area contributed by atoms with Gasteiger partial charge in [-0.2, -0.15) is 10.2 Å². The Labute approximate surface area is 155 Å². The van der Waals surface area contributed by atoms with E-state index in [1.165, 1.54) is 4.68 Å². The summed E-state index contributed by atoms with van der Waals surface area (Å²) in [6, 6.07) is 6.80. The molecule has 140 valence electrons. The van der Waals surface area contributed by atoms with Crippen LogP contribution >= 0.6 is 0 Å². The van der Waals surface area contributed by atoms with E-state index in [2.05, 4.69) is 20.8 Å². The molecule has 0 aliphatic carbocycles. The number of ether oxygens (including phenoxy) is 1. The van der Waals surface area contributed by atoms with Gasteiger partial charge >= 0.3 is 0 Å². The van der Waals surface area contributed by atoms with Crippen LogP contribution in [0.5, 0.6) is 5.75 Å². The Morgan fingerprint density at radius 1 is 1.33 bits per heavy atom. The molecule has 0 saturated carbocycles. The second kappa shape index (κ2) is 6.75. The summed E-state index contributed by atoms with van der Waals surface area (Å²) in [6.07, 6.45) is 2.30. The van der Waals surface area contributed by atoms with E-state index in [1.54, 1.807) is 24.0 Å². The third-order valence-electron chi connectivity index (χ3n) is 4.68. The fourth-order valence-corrected chi connectivity index (χ4v) is 3.20. The van der Waals surface area contributed by atoms with E-state index in [4.69, 9.17) is 4.74 Å². The smallest absolute Gasteiger partial charge is 0.270 e. The molecule has 2 aromatic heterocycles. The second-order valence-electron chi connectivity index (χ2n) is 6.49. The van der Waals surface area contributed by atoms with E-state index in [1.807, 2.05) is 25.2 Å². The molecule has 27 heavy (non-hydrogen) atoms. The van der Waals surface area contributed by atoms with Crippen molar-refractivity contribution in [3.05, 3.63) is 41.9 Å². The van der Waals surface area contributed by atoms with Crippen LogP contribution in [-0.4, -0.2) is 44.0 Å². The van der Waals surface area contributed by atoms with E-state index >= 15 is 0 Å². The molecule has 0 radical (unpaired) electrons. The average Bonchev–Trinajstić information content (AvgIpc) is 3.31. The number of nitrogens with zero attached hydrogens (tertiary/aromatic N) is 4. The van der Waals surface area contributed by atoms with Gasteiger partial charge in [-0.05, 0) is 30.7 Å². The van der Waals surface area contributed by atoms with Crippen molar-refractivity contribution >= 4 is 22.7 Å². The number of amides is 2. The summed E-state index contributed by atoms with van der Waals surface area (Å²) >= 11 is 0. The van der Waals surface area contributed by atoms with Crippen molar-refractivity contribution in [2.45, 2.75) is 19.1 Å². The number of aryl methyl sites for hydroxylation is 2. The van der Waals surface area contributed by atoms with Crippen molar-refractivity contribution in [1.82, 2.24) is 30.2 Å². The largest absolute Gasteiger partial charge is 0.487 e. The van der Waals surface area contributed by atoms with E-state index in [-0.39, 0.29) is 11.8 Å². The number of rotatable bonds is 5. The summed E-state index contributed by atoms with van der Waals surface area (Å²) in [5.74, 6) is 0.144. The first-order valence-corrected chi connectivity index (χ1v) is 8.68. The fourth-order valence-electron chi connectivity index (χ4n) is 3.20. The van der Waals surface area contributed by atoms with E-state index in [0.717, 1.165) is 5.69 Å². The van der Waals surface area contributed by atoms with Gasteiger partial charge in [0, 0.05) is 32.2 Å². The Morgan fingerprint density at radius 2 is 2.19 bits per heavy atom. The maximum atomic E-state index is 12.7. The first-order valence-electron chi connectivity index (χ1n) is 8.68. The standard InChI is InChI=1S/C18H20N6O3/c1-23-11(5-8-20-23)10-27-12-3-4-14-13(9-12)16(24(2)22-14)18(26)21-15-6-7-19-17(15)25/h3-5,8-9,15H,6-7,10H2,1-2H3,(H,19,25)(H,21,26). The Kier molecular flexibility index (Phi) is 4.27. The lowest BCUT2D eigenvalue weighted by atomic mass is 10.1.